The molecule has 0 fully saturated rings. The third kappa shape index (κ3) is 3.71. The maximum Gasteiger partial charge on any atom is 0.287 e. The Hall–Kier alpha value is -1.07. The average molecular weight is 259 g/mol. The molecule has 1 N–H and O–H groups in total. The molecule has 17 heavy (non-hydrogen) atoms. The number of aromatic nitrogens is 2. The van der Waals surface area contributed by atoms with Crippen molar-refractivity contribution in [1.29, 1.82) is 0 Å². The second-order valence-corrected chi connectivity index (χ2v) is 4.82. The van der Waals surface area contributed by atoms with E-state index in [1.165, 1.54) is 4.68 Å². The molecule has 0 aromatic carbocycles. The summed E-state index contributed by atoms with van der Waals surface area (Å²) in [7, 11) is 3.97. The fourth-order valence-electron chi connectivity index (χ4n) is 1.35. The summed E-state index contributed by atoms with van der Waals surface area (Å²) < 4.78 is 1.37. The molecule has 1 aromatic rings. The Morgan fingerprint density at radius 2 is 2.18 bits per heavy atom. The number of nitrogens with zero attached hydrogens (tertiary/aromatic N) is 3. The summed E-state index contributed by atoms with van der Waals surface area (Å²) in [5.41, 5.74) is 0.340. The molecule has 0 bridgehead atoms. The summed E-state index contributed by atoms with van der Waals surface area (Å²) >= 11 is 6.01. The van der Waals surface area contributed by atoms with Crippen molar-refractivity contribution in [3.8, 4) is 0 Å². The van der Waals surface area contributed by atoms with Crippen LogP contribution < -0.4 is 10.9 Å². The molecule has 0 radical (unpaired) electrons. The molecule has 0 amide bonds. The zero-order valence-corrected chi connectivity index (χ0v) is 11.5. The first-order valence-corrected chi connectivity index (χ1v) is 5.97. The van der Waals surface area contributed by atoms with Crippen LogP contribution in [0, 0.1) is 0 Å². The molecule has 0 atom stereocenters. The summed E-state index contributed by atoms with van der Waals surface area (Å²) in [5.74, 6) is 0. The normalized spacial score (nSPS) is 11.2. The number of nitrogens with one attached hydrogen (secondary N) is 1. The van der Waals surface area contributed by atoms with Gasteiger partial charge >= 0.3 is 0 Å². The van der Waals surface area contributed by atoms with Crippen molar-refractivity contribution in [2.75, 3.05) is 32.5 Å². The molecule has 0 spiro atoms. The minimum Gasteiger partial charge on any atom is -0.381 e. The van der Waals surface area contributed by atoms with E-state index in [0.29, 0.717) is 5.69 Å². The standard InChI is InChI=1S/C11H19ClN4O/c1-8(2)16-11(17)10(12)9(7-14-16)13-5-6-15(3)4/h7-8,13H,5-6H2,1-4H3. The van der Waals surface area contributed by atoms with Crippen LogP contribution in [-0.4, -0.2) is 41.9 Å². The van der Waals surface area contributed by atoms with Crippen molar-refractivity contribution in [3.63, 3.8) is 0 Å². The molecular weight excluding hydrogens is 240 g/mol. The maximum absolute atomic E-state index is 11.8. The summed E-state index contributed by atoms with van der Waals surface area (Å²) in [6, 6.07) is 0.0100. The van der Waals surface area contributed by atoms with Gasteiger partial charge in [-0.15, -0.1) is 0 Å². The van der Waals surface area contributed by atoms with Gasteiger partial charge in [-0.2, -0.15) is 5.10 Å². The number of anilines is 1. The second-order valence-electron chi connectivity index (χ2n) is 4.45. The number of rotatable bonds is 5. The Labute approximate surface area is 106 Å². The van der Waals surface area contributed by atoms with E-state index >= 15 is 0 Å². The van der Waals surface area contributed by atoms with E-state index in [1.807, 2.05) is 32.8 Å². The van der Waals surface area contributed by atoms with Crippen LogP contribution in [0.1, 0.15) is 19.9 Å². The van der Waals surface area contributed by atoms with Gasteiger partial charge in [0.1, 0.15) is 5.02 Å². The third-order valence-corrected chi connectivity index (χ3v) is 2.67. The van der Waals surface area contributed by atoms with E-state index in [0.717, 1.165) is 13.1 Å². The number of halogens is 1. The van der Waals surface area contributed by atoms with Crippen molar-refractivity contribution >= 4 is 17.3 Å². The van der Waals surface area contributed by atoms with E-state index in [1.54, 1.807) is 6.20 Å². The SMILES string of the molecule is CC(C)n1ncc(NCCN(C)C)c(Cl)c1=O. The molecule has 0 saturated heterocycles. The first-order valence-electron chi connectivity index (χ1n) is 5.59. The number of hydrogen-bond acceptors (Lipinski definition) is 4. The number of likely N-dealkylation sites (N-methyl/N-ethyl adjacent to an activating group) is 1. The smallest absolute Gasteiger partial charge is 0.287 e. The molecule has 1 rings (SSSR count). The van der Waals surface area contributed by atoms with E-state index in [9.17, 15) is 4.79 Å². The largest absolute Gasteiger partial charge is 0.381 e. The van der Waals surface area contributed by atoms with Gasteiger partial charge in [0.2, 0.25) is 0 Å². The van der Waals surface area contributed by atoms with Crippen LogP contribution in [0.2, 0.25) is 5.02 Å². The lowest BCUT2D eigenvalue weighted by molar-refractivity contribution is 0.425. The van der Waals surface area contributed by atoms with Crippen LogP contribution >= 0.6 is 11.6 Å². The van der Waals surface area contributed by atoms with Gasteiger partial charge in [-0.3, -0.25) is 4.79 Å². The van der Waals surface area contributed by atoms with Gasteiger partial charge in [-0.05, 0) is 27.9 Å². The van der Waals surface area contributed by atoms with Gasteiger partial charge in [-0.25, -0.2) is 4.68 Å². The average Bonchev–Trinajstić information content (AvgIpc) is 2.23. The van der Waals surface area contributed by atoms with Crippen molar-refractivity contribution in [2.24, 2.45) is 0 Å². The molecule has 0 aliphatic heterocycles. The van der Waals surface area contributed by atoms with Crippen LogP contribution in [0.5, 0.6) is 0 Å². The molecule has 96 valence electrons. The quantitative estimate of drug-likeness (QED) is 0.869. The molecule has 5 nitrogen and oxygen atoms in total. The Bertz CT molecular complexity index is 428. The van der Waals surface area contributed by atoms with Gasteiger partial charge < -0.3 is 10.2 Å². The second kappa shape index (κ2) is 6.02. The van der Waals surface area contributed by atoms with Crippen LogP contribution in [-0.2, 0) is 0 Å². The molecule has 0 unspecified atom stereocenters. The first-order chi connectivity index (χ1) is 7.93. The van der Waals surface area contributed by atoms with E-state index in [2.05, 4.69) is 10.4 Å². The lowest BCUT2D eigenvalue weighted by Crippen LogP contribution is -2.27. The minimum absolute atomic E-state index is 0.0100. The Morgan fingerprint density at radius 3 is 2.71 bits per heavy atom. The molecular formula is C11H19ClN4O. The summed E-state index contributed by atoms with van der Waals surface area (Å²) in [6.07, 6.45) is 1.60. The topological polar surface area (TPSA) is 50.2 Å². The van der Waals surface area contributed by atoms with Crippen molar-refractivity contribution in [1.82, 2.24) is 14.7 Å². The van der Waals surface area contributed by atoms with Crippen molar-refractivity contribution in [3.05, 3.63) is 21.6 Å². The van der Waals surface area contributed by atoms with Gasteiger partial charge in [0.05, 0.1) is 17.9 Å². The predicted octanol–water partition coefficient (Wildman–Crippen LogP) is 1.45. The lowest BCUT2D eigenvalue weighted by atomic mass is 10.4. The molecule has 0 aliphatic carbocycles. The van der Waals surface area contributed by atoms with Crippen molar-refractivity contribution < 1.29 is 0 Å². The molecule has 1 heterocycles. The van der Waals surface area contributed by atoms with Gasteiger partial charge in [0, 0.05) is 13.1 Å². The van der Waals surface area contributed by atoms with Crippen LogP contribution in [0.3, 0.4) is 0 Å². The van der Waals surface area contributed by atoms with Crippen LogP contribution in [0.15, 0.2) is 11.0 Å². The predicted molar refractivity (Wildman–Crippen MR) is 70.9 cm³/mol. The highest BCUT2D eigenvalue weighted by molar-refractivity contribution is 6.32. The molecule has 0 saturated carbocycles. The van der Waals surface area contributed by atoms with Crippen LogP contribution in [0.25, 0.3) is 0 Å². The zero-order valence-electron chi connectivity index (χ0n) is 10.7. The third-order valence-electron chi connectivity index (χ3n) is 2.31. The van der Waals surface area contributed by atoms with Gasteiger partial charge in [0.25, 0.3) is 5.56 Å². The highest BCUT2D eigenvalue weighted by atomic mass is 35.5. The van der Waals surface area contributed by atoms with Crippen LogP contribution in [0.4, 0.5) is 5.69 Å². The fraction of sp³-hybridized carbons (Fsp3) is 0.636. The van der Waals surface area contributed by atoms with Gasteiger partial charge in [-0.1, -0.05) is 11.6 Å². The summed E-state index contributed by atoms with van der Waals surface area (Å²) in [6.45, 7) is 5.37. The number of hydrogen-bond donors (Lipinski definition) is 1. The maximum atomic E-state index is 11.8. The Balaban J connectivity index is 2.82. The summed E-state index contributed by atoms with van der Waals surface area (Å²) in [5, 5.41) is 7.38. The fourth-order valence-corrected chi connectivity index (χ4v) is 1.55. The van der Waals surface area contributed by atoms with E-state index < -0.39 is 0 Å². The van der Waals surface area contributed by atoms with Crippen molar-refractivity contribution in [2.45, 2.75) is 19.9 Å². The highest BCUT2D eigenvalue weighted by Gasteiger charge is 2.10. The molecule has 0 aliphatic rings. The minimum atomic E-state index is -0.253. The Kier molecular flexibility index (Phi) is 4.96. The molecule has 1 aromatic heterocycles. The summed E-state index contributed by atoms with van der Waals surface area (Å²) in [4.78, 5) is 13.9. The Morgan fingerprint density at radius 1 is 1.53 bits per heavy atom. The lowest BCUT2D eigenvalue weighted by Gasteiger charge is -2.14. The van der Waals surface area contributed by atoms with E-state index in [-0.39, 0.29) is 16.6 Å². The van der Waals surface area contributed by atoms with Gasteiger partial charge in [0.15, 0.2) is 0 Å². The highest BCUT2D eigenvalue weighted by Crippen LogP contribution is 2.15. The first kappa shape index (κ1) is 14.0. The monoisotopic (exact) mass is 258 g/mol. The molecule has 6 heteroatoms. The zero-order chi connectivity index (χ0) is 13.0. The van der Waals surface area contributed by atoms with E-state index in [4.69, 9.17) is 11.6 Å².